The van der Waals surface area contributed by atoms with Crippen LogP contribution < -0.4 is 9.64 Å². The minimum atomic E-state index is -0.0788. The first kappa shape index (κ1) is 27.6. The molecular weight excluding hydrogens is 476 g/mol. The Kier molecular flexibility index (Phi) is 9.86. The zero-order valence-electron chi connectivity index (χ0n) is 21.5. The van der Waals surface area contributed by atoms with Gasteiger partial charge >= 0.3 is 0 Å². The van der Waals surface area contributed by atoms with Gasteiger partial charge in [-0.25, -0.2) is 9.97 Å². The summed E-state index contributed by atoms with van der Waals surface area (Å²) in [5.41, 5.74) is 4.27. The molecule has 0 spiro atoms. The molecule has 10 heteroatoms. The van der Waals surface area contributed by atoms with Gasteiger partial charge in [0.1, 0.15) is 12.7 Å². The first-order chi connectivity index (χ1) is 16.9. The molecule has 0 saturated carbocycles. The second kappa shape index (κ2) is 12.8. The summed E-state index contributed by atoms with van der Waals surface area (Å²) < 4.78 is 12.1. The number of carbonyl (C=O) groups is 1. The highest BCUT2D eigenvalue weighted by molar-refractivity contribution is 7.59. The van der Waals surface area contributed by atoms with E-state index in [2.05, 4.69) is 31.9 Å². The molecule has 3 aromatic rings. The van der Waals surface area contributed by atoms with Crippen molar-refractivity contribution < 1.29 is 14.3 Å². The lowest BCUT2D eigenvalue weighted by molar-refractivity contribution is -0.128. The lowest BCUT2D eigenvalue weighted by atomic mass is 10.1. The molecule has 1 atom stereocenters. The Labute approximate surface area is 219 Å². The Morgan fingerprint density at radius 2 is 1.89 bits per heavy atom. The number of ether oxygens (including phenoxy) is 2. The largest absolute Gasteiger partial charge is 0.473 e. The predicted octanol–water partition coefficient (Wildman–Crippen LogP) is 2.82. The molecule has 1 saturated heterocycles. The number of nitrogens with zero attached hydrogens (tertiary/aromatic N) is 6. The summed E-state index contributed by atoms with van der Waals surface area (Å²) in [6.07, 6.45) is 4.64. The van der Waals surface area contributed by atoms with Gasteiger partial charge in [-0.1, -0.05) is 12.1 Å². The molecule has 0 aliphatic carbocycles. The summed E-state index contributed by atoms with van der Waals surface area (Å²) in [6, 6.07) is 10.2. The minimum absolute atomic E-state index is 0. The lowest BCUT2D eigenvalue weighted by Crippen LogP contribution is -2.45. The lowest BCUT2D eigenvalue weighted by Gasteiger charge is -2.32. The van der Waals surface area contributed by atoms with Crippen LogP contribution >= 0.6 is 13.5 Å². The SMILES string of the molecule is CN(C)C(=O)CCCN1CCO[C@H](COc2nc(-c3ccc(N(C)C)cc3)cc3nccnc23)C1.S. The van der Waals surface area contributed by atoms with E-state index in [0.29, 0.717) is 31.0 Å². The first-order valence-electron chi connectivity index (χ1n) is 12.0. The van der Waals surface area contributed by atoms with Gasteiger partial charge in [0.15, 0.2) is 5.52 Å². The van der Waals surface area contributed by atoms with Crippen molar-refractivity contribution in [3.63, 3.8) is 0 Å². The van der Waals surface area contributed by atoms with Crippen molar-refractivity contribution in [3.05, 3.63) is 42.7 Å². The third kappa shape index (κ3) is 7.05. The van der Waals surface area contributed by atoms with Gasteiger partial charge in [0, 0.05) is 71.3 Å². The third-order valence-electron chi connectivity index (χ3n) is 6.10. The molecular formula is C26H36N6O3S. The quantitative estimate of drug-likeness (QED) is 0.433. The van der Waals surface area contributed by atoms with Crippen LogP contribution in [0.3, 0.4) is 0 Å². The maximum absolute atomic E-state index is 11.8. The number of fused-ring (bicyclic) bond motifs is 1. The van der Waals surface area contributed by atoms with E-state index in [4.69, 9.17) is 14.5 Å². The van der Waals surface area contributed by atoms with Gasteiger partial charge in [0.05, 0.1) is 17.8 Å². The Balaban J connectivity index is 0.00000361. The van der Waals surface area contributed by atoms with Gasteiger partial charge < -0.3 is 19.3 Å². The molecule has 2 aromatic heterocycles. The smallest absolute Gasteiger partial charge is 0.242 e. The normalized spacial score (nSPS) is 15.8. The summed E-state index contributed by atoms with van der Waals surface area (Å²) in [6.45, 7) is 3.49. The van der Waals surface area contributed by atoms with Crippen LogP contribution in [0.4, 0.5) is 5.69 Å². The fraction of sp³-hybridized carbons (Fsp3) is 0.462. The second-order valence-electron chi connectivity index (χ2n) is 9.17. The van der Waals surface area contributed by atoms with Gasteiger partial charge in [-0.3, -0.25) is 14.7 Å². The van der Waals surface area contributed by atoms with Crippen molar-refractivity contribution in [1.82, 2.24) is 24.8 Å². The molecule has 36 heavy (non-hydrogen) atoms. The maximum Gasteiger partial charge on any atom is 0.242 e. The summed E-state index contributed by atoms with van der Waals surface area (Å²) in [4.78, 5) is 31.6. The molecule has 0 unspecified atom stereocenters. The number of benzene rings is 1. The summed E-state index contributed by atoms with van der Waals surface area (Å²) in [5, 5.41) is 0. The number of aromatic nitrogens is 3. The van der Waals surface area contributed by atoms with Gasteiger partial charge in [-0.2, -0.15) is 13.5 Å². The molecule has 1 fully saturated rings. The van der Waals surface area contributed by atoms with E-state index in [1.807, 2.05) is 32.3 Å². The number of rotatable bonds is 9. The monoisotopic (exact) mass is 512 g/mol. The highest BCUT2D eigenvalue weighted by atomic mass is 32.1. The Bertz CT molecular complexity index is 1140. The highest BCUT2D eigenvalue weighted by Crippen LogP contribution is 2.28. The van der Waals surface area contributed by atoms with Crippen molar-refractivity contribution >= 4 is 36.1 Å². The van der Waals surface area contributed by atoms with E-state index in [1.165, 1.54) is 0 Å². The van der Waals surface area contributed by atoms with Gasteiger partial charge in [0.25, 0.3) is 0 Å². The van der Waals surface area contributed by atoms with Crippen LogP contribution in [0, 0.1) is 0 Å². The average Bonchev–Trinajstić information content (AvgIpc) is 2.87. The molecule has 4 rings (SSSR count). The first-order valence-corrected chi connectivity index (χ1v) is 12.0. The zero-order chi connectivity index (χ0) is 24.8. The summed E-state index contributed by atoms with van der Waals surface area (Å²) in [7, 11) is 7.62. The Morgan fingerprint density at radius 1 is 1.14 bits per heavy atom. The van der Waals surface area contributed by atoms with Crippen LogP contribution in [0.1, 0.15) is 12.8 Å². The van der Waals surface area contributed by atoms with Gasteiger partial charge in [0.2, 0.25) is 11.8 Å². The molecule has 1 aromatic carbocycles. The van der Waals surface area contributed by atoms with Crippen LogP contribution in [0.2, 0.25) is 0 Å². The number of anilines is 1. The Morgan fingerprint density at radius 3 is 2.61 bits per heavy atom. The molecule has 0 bridgehead atoms. The van der Waals surface area contributed by atoms with Crippen LogP contribution in [0.25, 0.3) is 22.3 Å². The molecule has 1 aliphatic heterocycles. The van der Waals surface area contributed by atoms with Crippen LogP contribution in [0.5, 0.6) is 5.88 Å². The van der Waals surface area contributed by atoms with E-state index in [1.54, 1.807) is 31.4 Å². The summed E-state index contributed by atoms with van der Waals surface area (Å²) >= 11 is 0. The van der Waals surface area contributed by atoms with E-state index in [0.717, 1.165) is 48.5 Å². The highest BCUT2D eigenvalue weighted by Gasteiger charge is 2.22. The molecule has 3 heterocycles. The molecule has 194 valence electrons. The molecule has 1 amide bonds. The number of hydrogen-bond donors (Lipinski definition) is 0. The van der Waals surface area contributed by atoms with Crippen molar-refractivity contribution in [2.45, 2.75) is 18.9 Å². The van der Waals surface area contributed by atoms with Crippen LogP contribution in [-0.4, -0.2) is 97.8 Å². The standard InChI is InChI=1S/C26H34N6O3.H2S/c1-30(2)20-9-7-19(8-10-20)22-16-23-25(28-12-11-27-23)26(29-22)35-18-21-17-32(14-15-34-21)13-5-6-24(33)31(3)4;/h7-12,16,21H,5-6,13-15,17-18H2,1-4H3;1H2/t21-;/m0./s1. The zero-order valence-corrected chi connectivity index (χ0v) is 22.5. The van der Waals surface area contributed by atoms with Crippen molar-refractivity contribution in [1.29, 1.82) is 0 Å². The fourth-order valence-corrected chi connectivity index (χ4v) is 4.06. The van der Waals surface area contributed by atoms with Gasteiger partial charge in [-0.15, -0.1) is 0 Å². The van der Waals surface area contributed by atoms with Crippen molar-refractivity contribution in [2.75, 3.05) is 65.9 Å². The number of hydrogen-bond acceptors (Lipinski definition) is 8. The van der Waals surface area contributed by atoms with Crippen molar-refractivity contribution in [3.8, 4) is 17.1 Å². The molecule has 9 nitrogen and oxygen atoms in total. The fourth-order valence-electron chi connectivity index (χ4n) is 4.06. The topological polar surface area (TPSA) is 83.9 Å². The third-order valence-corrected chi connectivity index (χ3v) is 6.10. The minimum Gasteiger partial charge on any atom is -0.473 e. The number of carbonyl (C=O) groups excluding carboxylic acids is 1. The molecule has 1 aliphatic rings. The van der Waals surface area contributed by atoms with Crippen molar-refractivity contribution in [2.24, 2.45) is 0 Å². The summed E-state index contributed by atoms with van der Waals surface area (Å²) in [5.74, 6) is 0.619. The second-order valence-corrected chi connectivity index (χ2v) is 9.17. The average molecular weight is 513 g/mol. The number of morpholine rings is 1. The van der Waals surface area contributed by atoms with E-state index < -0.39 is 0 Å². The van der Waals surface area contributed by atoms with Crippen LogP contribution in [-0.2, 0) is 9.53 Å². The Hall–Kier alpha value is -2.95. The van der Waals surface area contributed by atoms with E-state index >= 15 is 0 Å². The number of amides is 1. The molecule has 0 radical (unpaired) electrons. The van der Waals surface area contributed by atoms with Gasteiger partial charge in [-0.05, 0) is 31.2 Å². The van der Waals surface area contributed by atoms with Crippen LogP contribution in [0.15, 0.2) is 42.7 Å². The predicted molar refractivity (Wildman–Crippen MR) is 147 cm³/mol. The van der Waals surface area contributed by atoms with E-state index in [-0.39, 0.29) is 25.5 Å². The number of pyridine rings is 1. The van der Waals surface area contributed by atoms with E-state index in [9.17, 15) is 4.79 Å². The molecule has 0 N–H and O–H groups in total. The maximum atomic E-state index is 11.8.